The summed E-state index contributed by atoms with van der Waals surface area (Å²) in [6.45, 7) is 8.33. The molecule has 170 valence electrons. The van der Waals surface area contributed by atoms with Gasteiger partial charge in [0.2, 0.25) is 0 Å². The highest BCUT2D eigenvalue weighted by Crippen LogP contribution is 2.33. The van der Waals surface area contributed by atoms with Crippen molar-refractivity contribution in [1.29, 1.82) is 0 Å². The van der Waals surface area contributed by atoms with Crippen molar-refractivity contribution in [2.75, 3.05) is 25.4 Å². The third kappa shape index (κ3) is 5.00. The van der Waals surface area contributed by atoms with Crippen molar-refractivity contribution in [2.24, 2.45) is 5.92 Å². The number of aliphatic hydroxyl groups is 1. The first-order valence-electron chi connectivity index (χ1n) is 10.9. The number of pyridine rings is 1. The predicted molar refractivity (Wildman–Crippen MR) is 120 cm³/mol. The van der Waals surface area contributed by atoms with Crippen molar-refractivity contribution >= 4 is 16.9 Å². The van der Waals surface area contributed by atoms with Gasteiger partial charge in [-0.25, -0.2) is 14.6 Å². The van der Waals surface area contributed by atoms with Crippen LogP contribution >= 0.6 is 0 Å². The number of nitrogens with zero attached hydrogens (tertiary/aromatic N) is 5. The molecule has 1 aliphatic rings. The molecule has 0 radical (unpaired) electrons. The van der Waals surface area contributed by atoms with Gasteiger partial charge in [-0.15, -0.1) is 0 Å². The highest BCUT2D eigenvalue weighted by Gasteiger charge is 2.23. The average Bonchev–Trinajstić information content (AvgIpc) is 3.35. The smallest absolute Gasteiger partial charge is 0.199 e. The molecule has 1 saturated carbocycles. The molecule has 4 rings (SSSR count). The molecule has 3 heterocycles. The maximum absolute atomic E-state index is 10.0. The number of aromatic nitrogens is 5. The maximum atomic E-state index is 10.0. The Labute approximate surface area is 186 Å². The number of hydrogen-bond acceptors (Lipinski definition) is 9. The van der Waals surface area contributed by atoms with Gasteiger partial charge < -0.3 is 25.5 Å². The molecule has 0 saturated heterocycles. The Hall–Kier alpha value is -3.16. The number of nitrogens with one attached hydrogen (secondary N) is 1. The summed E-state index contributed by atoms with van der Waals surface area (Å²) in [5, 5.41) is 21.1. The molecule has 0 bridgehead atoms. The normalized spacial score (nSPS) is 13.9. The molecule has 10 nitrogen and oxygen atoms in total. The molecule has 0 aromatic carbocycles. The Morgan fingerprint density at radius 3 is 2.84 bits per heavy atom. The van der Waals surface area contributed by atoms with Crippen LogP contribution in [-0.4, -0.2) is 55.3 Å². The number of nitrogens with two attached hydrogens (primary N) is 1. The number of aryl methyl sites for hydroxylation is 1. The Balaban J connectivity index is 1.67. The van der Waals surface area contributed by atoms with Gasteiger partial charge in [0, 0.05) is 6.54 Å². The third-order valence-electron chi connectivity index (χ3n) is 5.15. The van der Waals surface area contributed by atoms with Crippen LogP contribution in [0.1, 0.15) is 45.7 Å². The van der Waals surface area contributed by atoms with E-state index in [0.717, 1.165) is 30.9 Å². The molecule has 4 N–H and O–H groups in total. The average molecular weight is 440 g/mol. The lowest BCUT2D eigenvalue weighted by Gasteiger charge is -2.11. The van der Waals surface area contributed by atoms with Gasteiger partial charge in [-0.3, -0.25) is 0 Å². The molecular weight excluding hydrogens is 410 g/mol. The topological polar surface area (TPSA) is 137 Å². The standard InChI is InChI=1S/C22H29N7O3/c1-4-29-19-16(31-11-5-10-24-12-14-6-7-14)13-25-15(8-9-22(2,3)30)17(19)26-21(29)18-20(23)28-32-27-18/h13-14,24,30H,4-7,10-12H2,1-3H3,(H2,23,28). The molecule has 10 heteroatoms. The fraction of sp³-hybridized carbons (Fsp3) is 0.545. The first-order valence-corrected chi connectivity index (χ1v) is 10.9. The monoisotopic (exact) mass is 439 g/mol. The van der Waals surface area contributed by atoms with Gasteiger partial charge in [0.1, 0.15) is 22.3 Å². The van der Waals surface area contributed by atoms with E-state index >= 15 is 0 Å². The molecule has 3 aromatic heterocycles. The van der Waals surface area contributed by atoms with Crippen LogP contribution in [0.4, 0.5) is 5.82 Å². The minimum absolute atomic E-state index is 0.149. The minimum Gasteiger partial charge on any atom is -0.490 e. The van der Waals surface area contributed by atoms with Crippen LogP contribution in [0.25, 0.3) is 22.6 Å². The molecule has 0 aliphatic heterocycles. The van der Waals surface area contributed by atoms with Gasteiger partial charge in [0.15, 0.2) is 23.1 Å². The second-order valence-corrected chi connectivity index (χ2v) is 8.50. The first-order chi connectivity index (χ1) is 15.4. The Bertz CT molecular complexity index is 1150. The van der Waals surface area contributed by atoms with Gasteiger partial charge in [-0.2, -0.15) is 0 Å². The highest BCUT2D eigenvalue weighted by molar-refractivity contribution is 5.89. The van der Waals surface area contributed by atoms with Crippen molar-refractivity contribution in [3.05, 3.63) is 11.9 Å². The largest absolute Gasteiger partial charge is 0.490 e. The van der Waals surface area contributed by atoms with Crippen molar-refractivity contribution in [3.63, 3.8) is 0 Å². The first kappa shape index (κ1) is 22.0. The second kappa shape index (κ2) is 9.14. The summed E-state index contributed by atoms with van der Waals surface area (Å²) in [5.74, 6) is 7.84. The molecule has 1 aliphatic carbocycles. The number of fused-ring (bicyclic) bond motifs is 1. The summed E-state index contributed by atoms with van der Waals surface area (Å²) in [7, 11) is 0. The van der Waals surface area contributed by atoms with Crippen LogP contribution in [0.15, 0.2) is 10.8 Å². The van der Waals surface area contributed by atoms with Crippen LogP contribution in [0.3, 0.4) is 0 Å². The summed E-state index contributed by atoms with van der Waals surface area (Å²) in [6, 6.07) is 0. The Kier molecular flexibility index (Phi) is 6.30. The second-order valence-electron chi connectivity index (χ2n) is 8.50. The predicted octanol–water partition coefficient (Wildman–Crippen LogP) is 1.97. The zero-order chi connectivity index (χ0) is 22.7. The van der Waals surface area contributed by atoms with Gasteiger partial charge in [0.25, 0.3) is 0 Å². The lowest BCUT2D eigenvalue weighted by atomic mass is 10.1. The number of hydrogen-bond donors (Lipinski definition) is 3. The van der Waals surface area contributed by atoms with Crippen molar-refractivity contribution in [1.82, 2.24) is 30.2 Å². The molecule has 32 heavy (non-hydrogen) atoms. The van der Waals surface area contributed by atoms with Gasteiger partial charge >= 0.3 is 0 Å². The molecule has 0 spiro atoms. The maximum Gasteiger partial charge on any atom is 0.199 e. The van der Waals surface area contributed by atoms with Gasteiger partial charge in [-0.1, -0.05) is 5.92 Å². The SMILES string of the molecule is CCn1c(-c2nonc2N)nc2c(C#CC(C)(C)O)ncc(OCCCNCC3CC3)c21. The fourth-order valence-electron chi connectivity index (χ4n) is 3.37. The van der Waals surface area contributed by atoms with E-state index in [4.69, 9.17) is 20.1 Å². The van der Waals surface area contributed by atoms with E-state index in [1.54, 1.807) is 20.0 Å². The Morgan fingerprint density at radius 1 is 1.38 bits per heavy atom. The van der Waals surface area contributed by atoms with Crippen LogP contribution in [0, 0.1) is 17.8 Å². The van der Waals surface area contributed by atoms with E-state index in [2.05, 4.69) is 32.5 Å². The summed E-state index contributed by atoms with van der Waals surface area (Å²) in [6.07, 6.45) is 5.20. The number of ether oxygens (including phenoxy) is 1. The van der Waals surface area contributed by atoms with Gasteiger partial charge in [-0.05, 0) is 75.3 Å². The lowest BCUT2D eigenvalue weighted by molar-refractivity contribution is 0.143. The zero-order valence-corrected chi connectivity index (χ0v) is 18.7. The zero-order valence-electron chi connectivity index (χ0n) is 18.7. The Morgan fingerprint density at radius 2 is 2.19 bits per heavy atom. The van der Waals surface area contributed by atoms with Crippen molar-refractivity contribution in [3.8, 4) is 29.1 Å². The van der Waals surface area contributed by atoms with E-state index in [-0.39, 0.29) is 5.82 Å². The number of nitrogen functional groups attached to an aromatic ring is 1. The molecule has 3 aromatic rings. The van der Waals surface area contributed by atoms with Crippen LogP contribution in [0.5, 0.6) is 5.75 Å². The highest BCUT2D eigenvalue weighted by atomic mass is 16.6. The van der Waals surface area contributed by atoms with Crippen molar-refractivity contribution in [2.45, 2.75) is 52.2 Å². The van der Waals surface area contributed by atoms with E-state index in [0.29, 0.717) is 41.6 Å². The fourth-order valence-corrected chi connectivity index (χ4v) is 3.37. The van der Waals surface area contributed by atoms with Crippen molar-refractivity contribution < 1.29 is 14.5 Å². The van der Waals surface area contributed by atoms with Crippen LogP contribution < -0.4 is 15.8 Å². The molecular formula is C22H29N7O3. The molecule has 0 unspecified atom stereocenters. The van der Waals surface area contributed by atoms with E-state index < -0.39 is 5.60 Å². The van der Waals surface area contributed by atoms with Gasteiger partial charge in [0.05, 0.1) is 12.8 Å². The molecule has 1 fully saturated rings. The minimum atomic E-state index is -1.16. The number of rotatable bonds is 9. The summed E-state index contributed by atoms with van der Waals surface area (Å²) in [4.78, 5) is 9.17. The van der Waals surface area contributed by atoms with E-state index in [1.165, 1.54) is 12.8 Å². The van der Waals surface area contributed by atoms with Crippen LogP contribution in [0.2, 0.25) is 0 Å². The lowest BCUT2D eigenvalue weighted by Crippen LogP contribution is -2.20. The summed E-state index contributed by atoms with van der Waals surface area (Å²) in [5.41, 5.74) is 6.84. The molecule has 0 amide bonds. The van der Waals surface area contributed by atoms with Crippen LogP contribution in [-0.2, 0) is 6.54 Å². The molecule has 0 atom stereocenters. The summed E-state index contributed by atoms with van der Waals surface area (Å²) >= 11 is 0. The van der Waals surface area contributed by atoms with E-state index in [1.807, 2.05) is 11.5 Å². The quantitative estimate of drug-likeness (QED) is 0.337. The third-order valence-corrected chi connectivity index (χ3v) is 5.15. The van der Waals surface area contributed by atoms with E-state index in [9.17, 15) is 5.11 Å². The summed E-state index contributed by atoms with van der Waals surface area (Å²) < 4.78 is 12.8. The number of imidazole rings is 1. The number of anilines is 1.